The second-order valence-corrected chi connectivity index (χ2v) is 11.7. The third-order valence-electron chi connectivity index (χ3n) is 7.39. The first-order valence-corrected chi connectivity index (χ1v) is 12.8. The molecule has 0 aliphatic heterocycles. The van der Waals surface area contributed by atoms with E-state index in [9.17, 15) is 39.3 Å². The van der Waals surface area contributed by atoms with Crippen molar-refractivity contribution in [2.24, 2.45) is 11.8 Å². The molecule has 16 heteroatoms. The van der Waals surface area contributed by atoms with Crippen molar-refractivity contribution in [3.05, 3.63) is 0 Å². The van der Waals surface area contributed by atoms with Crippen LogP contribution >= 0.6 is 12.0 Å². The van der Waals surface area contributed by atoms with Gasteiger partial charge in [-0.3, -0.25) is 4.55 Å². The summed E-state index contributed by atoms with van der Waals surface area (Å²) in [7, 11) is -3.12. The number of halogens is 6. The number of ether oxygens (including phenoxy) is 2. The van der Waals surface area contributed by atoms with Gasteiger partial charge in [0.25, 0.3) is 10.1 Å². The molecule has 200 valence electrons. The number of alkyl halides is 6. The predicted molar refractivity (Wildman–Crippen MR) is 105 cm³/mol. The zero-order valence-electron chi connectivity index (χ0n) is 18.1. The fourth-order valence-electron chi connectivity index (χ4n) is 5.33. The molecule has 3 aliphatic carbocycles. The van der Waals surface area contributed by atoms with Gasteiger partial charge < -0.3 is 9.47 Å². The van der Waals surface area contributed by atoms with Crippen molar-refractivity contribution in [2.75, 3.05) is 7.11 Å². The molecule has 0 radical (unpaired) electrons. The molecule has 3 aliphatic rings. The van der Waals surface area contributed by atoms with E-state index in [0.717, 1.165) is 0 Å². The molecule has 8 atom stereocenters. The topological polar surface area (TPSA) is 112 Å². The molecule has 3 fully saturated rings. The molecule has 0 bridgehead atoms. The minimum Gasteiger partial charge on any atom is -0.380 e. The van der Waals surface area contributed by atoms with Crippen LogP contribution in [0.2, 0.25) is 0 Å². The van der Waals surface area contributed by atoms with Gasteiger partial charge in [-0.25, -0.2) is 14.0 Å². The summed E-state index contributed by atoms with van der Waals surface area (Å²) in [5.41, 5.74) is -4.30. The van der Waals surface area contributed by atoms with Crippen molar-refractivity contribution in [1.82, 2.24) is 0 Å². The van der Waals surface area contributed by atoms with Gasteiger partial charge in [0, 0.05) is 19.2 Å². The van der Waals surface area contributed by atoms with Gasteiger partial charge in [0.05, 0.1) is 17.5 Å². The maximum Gasteiger partial charge on any atom is 0.374 e. The maximum atomic E-state index is 14.9. The number of rotatable bonds is 8. The molecular weight excluding hydrogens is 522 g/mol. The lowest BCUT2D eigenvalue weighted by Gasteiger charge is -2.57. The second-order valence-electron chi connectivity index (χ2n) is 9.15. The van der Waals surface area contributed by atoms with E-state index in [1.807, 2.05) is 0 Å². The summed E-state index contributed by atoms with van der Waals surface area (Å²) in [5.74, 6) is -15.9. The van der Waals surface area contributed by atoms with Crippen LogP contribution in [0.25, 0.3) is 0 Å². The van der Waals surface area contributed by atoms with Gasteiger partial charge in [-0.05, 0) is 57.3 Å². The van der Waals surface area contributed by atoms with Crippen LogP contribution < -0.4 is 0 Å². The average Bonchev–Trinajstić information content (AvgIpc) is 2.76. The van der Waals surface area contributed by atoms with Crippen LogP contribution in [0, 0.1) is 11.8 Å². The van der Waals surface area contributed by atoms with Gasteiger partial charge in [0.2, 0.25) is 5.67 Å². The lowest BCUT2D eigenvalue weighted by Crippen LogP contribution is -2.86. The highest BCUT2D eigenvalue weighted by atomic mass is 32.2. The summed E-state index contributed by atoms with van der Waals surface area (Å²) in [4.78, 5) is 0. The van der Waals surface area contributed by atoms with E-state index in [0.29, 0.717) is 24.9 Å². The van der Waals surface area contributed by atoms with Crippen molar-refractivity contribution >= 4 is 22.2 Å². The van der Waals surface area contributed by atoms with Gasteiger partial charge in [-0.15, -0.1) is 4.33 Å². The summed E-state index contributed by atoms with van der Waals surface area (Å²) in [6, 6.07) is 0. The first kappa shape index (κ1) is 28.2. The van der Waals surface area contributed by atoms with Crippen molar-refractivity contribution in [1.29, 1.82) is 0 Å². The fraction of sp³-hybridized carbons (Fsp3) is 1.00. The monoisotopic (exact) mass is 548 g/mol. The summed E-state index contributed by atoms with van der Waals surface area (Å²) in [6.45, 7) is -0.00472. The van der Waals surface area contributed by atoms with E-state index in [2.05, 4.69) is 14.1 Å². The Bertz CT molecular complexity index is 826. The highest BCUT2D eigenvalue weighted by Crippen LogP contribution is 2.69. The summed E-state index contributed by atoms with van der Waals surface area (Å²) >= 11 is 0.349. The van der Waals surface area contributed by atoms with Crippen LogP contribution in [-0.4, -0.2) is 71.4 Å². The first-order chi connectivity index (χ1) is 15.5. The van der Waals surface area contributed by atoms with Crippen molar-refractivity contribution < 1.29 is 63.4 Å². The summed E-state index contributed by atoms with van der Waals surface area (Å²) in [5, 5.41) is 9.69. The van der Waals surface area contributed by atoms with Gasteiger partial charge >= 0.3 is 17.7 Å². The highest BCUT2D eigenvalue weighted by molar-refractivity contribution is 7.95. The smallest absolute Gasteiger partial charge is 0.374 e. The molecule has 0 saturated heterocycles. The number of hydrogen-bond donors (Lipinski definition) is 2. The van der Waals surface area contributed by atoms with E-state index in [4.69, 9.17) is 9.99 Å². The van der Waals surface area contributed by atoms with E-state index in [1.54, 1.807) is 0 Å². The number of methoxy groups -OCH3 is 1. The van der Waals surface area contributed by atoms with Crippen molar-refractivity contribution in [3.8, 4) is 0 Å². The third-order valence-corrected chi connectivity index (χ3v) is 9.54. The Kier molecular flexibility index (Phi) is 7.89. The largest absolute Gasteiger partial charge is 0.380 e. The molecule has 8 nitrogen and oxygen atoms in total. The molecule has 8 unspecified atom stereocenters. The number of hydrogen-bond acceptors (Lipinski definition) is 8. The molecule has 0 aromatic carbocycles. The van der Waals surface area contributed by atoms with Crippen LogP contribution in [0.4, 0.5) is 26.3 Å². The summed E-state index contributed by atoms with van der Waals surface area (Å²) < 4.78 is 131. The lowest BCUT2D eigenvalue weighted by molar-refractivity contribution is -0.504. The molecule has 0 amide bonds. The maximum absolute atomic E-state index is 14.9. The normalized spacial score (nSPS) is 44.4. The highest BCUT2D eigenvalue weighted by Gasteiger charge is 2.98. The molecule has 0 heterocycles. The van der Waals surface area contributed by atoms with Crippen LogP contribution in [0.15, 0.2) is 0 Å². The van der Waals surface area contributed by atoms with Crippen LogP contribution in [0.3, 0.4) is 0 Å². The average molecular weight is 549 g/mol. The standard InChI is InChI=1S/C18H26F6O8S2/c1-15(19)16(20,21)17(22,23)18(15,24)30-11-5-3-9(7-13(11)33-32-31-25)10-4-6-12(29-2)14(8-10)34(26,27)28/h9-14,25H,3-8H2,1-2H3,(H,26,27,28). The molecule has 0 spiro atoms. The Morgan fingerprint density at radius 2 is 1.47 bits per heavy atom. The van der Waals surface area contributed by atoms with Crippen molar-refractivity contribution in [3.63, 3.8) is 0 Å². The lowest BCUT2D eigenvalue weighted by atomic mass is 9.68. The Morgan fingerprint density at radius 1 is 0.912 bits per heavy atom. The molecule has 3 saturated carbocycles. The van der Waals surface area contributed by atoms with Gasteiger partial charge in [-0.2, -0.15) is 26.0 Å². The molecule has 0 aromatic heterocycles. The molecule has 0 aromatic rings. The van der Waals surface area contributed by atoms with Crippen LogP contribution in [0.1, 0.15) is 45.4 Å². The molecule has 2 N–H and O–H groups in total. The van der Waals surface area contributed by atoms with Crippen molar-refractivity contribution in [2.45, 2.75) is 91.5 Å². The first-order valence-electron chi connectivity index (χ1n) is 10.5. The van der Waals surface area contributed by atoms with E-state index in [-0.39, 0.29) is 44.4 Å². The third kappa shape index (κ3) is 4.35. The minimum atomic E-state index is -5.43. The quantitative estimate of drug-likeness (QED) is 0.150. The molecular formula is C18H26F6O8S2. The Hall–Kier alpha value is -0.360. The van der Waals surface area contributed by atoms with E-state index >= 15 is 0 Å². The summed E-state index contributed by atoms with van der Waals surface area (Å²) in [6.07, 6.45) is -1.38. The van der Waals surface area contributed by atoms with Crippen LogP contribution in [0.5, 0.6) is 0 Å². The predicted octanol–water partition coefficient (Wildman–Crippen LogP) is 4.36. The Balaban J connectivity index is 1.76. The fourth-order valence-corrected chi connectivity index (χ4v) is 7.23. The zero-order chi connectivity index (χ0) is 25.7. The van der Waals surface area contributed by atoms with Gasteiger partial charge in [0.15, 0.2) is 0 Å². The SMILES string of the molecule is COC1CCC(C2CCC(OC3(F)C(C)(F)C(F)(F)C3(F)F)C(SOOO)C2)CC1S(=O)(=O)O. The van der Waals surface area contributed by atoms with Gasteiger partial charge in [0.1, 0.15) is 5.25 Å². The van der Waals surface area contributed by atoms with Crippen LogP contribution in [-0.2, 0) is 29.0 Å². The zero-order valence-corrected chi connectivity index (χ0v) is 19.8. The minimum absolute atomic E-state index is 0.00472. The molecule has 3 rings (SSSR count). The Morgan fingerprint density at radius 3 is 1.97 bits per heavy atom. The second kappa shape index (κ2) is 9.50. The van der Waals surface area contributed by atoms with E-state index in [1.165, 1.54) is 7.11 Å². The van der Waals surface area contributed by atoms with Gasteiger partial charge in [-0.1, -0.05) is 5.04 Å². The van der Waals surface area contributed by atoms with E-state index < -0.39 is 56.2 Å². The Labute approximate surface area is 196 Å². The molecule has 34 heavy (non-hydrogen) atoms.